The molecule has 1 aliphatic rings. The molecule has 8 nitrogen and oxygen atoms in total. The summed E-state index contributed by atoms with van der Waals surface area (Å²) < 4.78 is 5.13. The molecule has 1 aliphatic heterocycles. The minimum Gasteiger partial charge on any atom is -0.394 e. The molecule has 0 bridgehead atoms. The van der Waals surface area contributed by atoms with Gasteiger partial charge in [-0.1, -0.05) is 13.8 Å². The molecule has 1 heterocycles. The van der Waals surface area contributed by atoms with Gasteiger partial charge in [0.1, 0.15) is 24.4 Å². The molecule has 8 heteroatoms. The van der Waals surface area contributed by atoms with Crippen molar-refractivity contribution in [2.75, 3.05) is 6.61 Å². The van der Waals surface area contributed by atoms with Crippen LogP contribution in [0.5, 0.6) is 0 Å². The topological polar surface area (TPSA) is 145 Å². The zero-order valence-electron chi connectivity index (χ0n) is 10.9. The second-order valence-corrected chi connectivity index (χ2v) is 5.03. The van der Waals surface area contributed by atoms with Gasteiger partial charge in [-0.2, -0.15) is 0 Å². The molecule has 0 radical (unpaired) electrons. The van der Waals surface area contributed by atoms with Gasteiger partial charge in [-0.05, 0) is 5.92 Å². The SMILES string of the molecule is CC(C)C(N)C(=O)N[C@@H]1O[C@H](CO)[C@@H](O)[C@H](O)[C@H]1O. The number of aliphatic hydroxyl groups is 4. The maximum absolute atomic E-state index is 11.7. The van der Waals surface area contributed by atoms with Gasteiger partial charge >= 0.3 is 0 Å². The summed E-state index contributed by atoms with van der Waals surface area (Å²) in [7, 11) is 0. The molecule has 19 heavy (non-hydrogen) atoms. The average molecular weight is 278 g/mol. The molecular formula is C11H22N2O6. The zero-order valence-corrected chi connectivity index (χ0v) is 10.9. The summed E-state index contributed by atoms with van der Waals surface area (Å²) in [6.45, 7) is 2.97. The predicted molar refractivity (Wildman–Crippen MR) is 64.7 cm³/mol. The fourth-order valence-electron chi connectivity index (χ4n) is 1.76. The normalized spacial score (nSPS) is 37.2. The third kappa shape index (κ3) is 3.62. The molecule has 1 saturated heterocycles. The Balaban J connectivity index is 2.69. The van der Waals surface area contributed by atoms with Crippen LogP contribution in [0.1, 0.15) is 13.8 Å². The first-order chi connectivity index (χ1) is 8.79. The maximum atomic E-state index is 11.7. The summed E-state index contributed by atoms with van der Waals surface area (Å²) in [6.07, 6.45) is -6.76. The van der Waals surface area contributed by atoms with E-state index in [0.717, 1.165) is 0 Å². The summed E-state index contributed by atoms with van der Waals surface area (Å²) in [6, 6.07) is -0.785. The summed E-state index contributed by atoms with van der Waals surface area (Å²) >= 11 is 0. The number of ether oxygens (including phenoxy) is 1. The van der Waals surface area contributed by atoms with Crippen LogP contribution in [0.25, 0.3) is 0 Å². The van der Waals surface area contributed by atoms with Crippen molar-refractivity contribution in [2.24, 2.45) is 11.7 Å². The lowest BCUT2D eigenvalue weighted by molar-refractivity contribution is -0.236. The van der Waals surface area contributed by atoms with Gasteiger partial charge in [0.05, 0.1) is 12.6 Å². The van der Waals surface area contributed by atoms with Crippen LogP contribution >= 0.6 is 0 Å². The third-order valence-corrected chi connectivity index (χ3v) is 3.20. The molecule has 0 aromatic carbocycles. The Bertz CT molecular complexity index is 312. The molecule has 1 amide bonds. The van der Waals surface area contributed by atoms with Crippen molar-refractivity contribution in [1.29, 1.82) is 0 Å². The zero-order chi connectivity index (χ0) is 14.7. The molecule has 7 N–H and O–H groups in total. The highest BCUT2D eigenvalue weighted by atomic mass is 16.6. The van der Waals surface area contributed by atoms with E-state index in [4.69, 9.17) is 15.6 Å². The minimum absolute atomic E-state index is 0.107. The third-order valence-electron chi connectivity index (χ3n) is 3.20. The Morgan fingerprint density at radius 1 is 1.26 bits per heavy atom. The summed E-state index contributed by atoms with van der Waals surface area (Å²) in [5.74, 6) is -0.649. The minimum atomic E-state index is -1.52. The number of rotatable bonds is 4. The van der Waals surface area contributed by atoms with Crippen LogP contribution in [0.4, 0.5) is 0 Å². The molecule has 0 aromatic rings. The number of hydrogen-bond donors (Lipinski definition) is 6. The first kappa shape index (κ1) is 16.3. The molecule has 0 aromatic heterocycles. The number of nitrogens with one attached hydrogen (secondary N) is 1. The number of amides is 1. The first-order valence-electron chi connectivity index (χ1n) is 6.16. The highest BCUT2D eigenvalue weighted by Gasteiger charge is 2.44. The average Bonchev–Trinajstić information content (AvgIpc) is 2.38. The van der Waals surface area contributed by atoms with E-state index < -0.39 is 49.2 Å². The molecule has 0 saturated carbocycles. The second-order valence-electron chi connectivity index (χ2n) is 5.03. The maximum Gasteiger partial charge on any atom is 0.239 e. The Morgan fingerprint density at radius 2 is 1.84 bits per heavy atom. The number of aliphatic hydroxyl groups excluding tert-OH is 4. The largest absolute Gasteiger partial charge is 0.394 e. The molecule has 1 unspecified atom stereocenters. The molecule has 0 aliphatic carbocycles. The van der Waals surface area contributed by atoms with E-state index in [-0.39, 0.29) is 5.92 Å². The molecule has 0 spiro atoms. The van der Waals surface area contributed by atoms with Crippen LogP contribution in [0.15, 0.2) is 0 Å². The molecule has 1 rings (SSSR count). The van der Waals surface area contributed by atoms with Crippen LogP contribution in [-0.4, -0.2) is 69.6 Å². The lowest BCUT2D eigenvalue weighted by Crippen LogP contribution is -2.64. The van der Waals surface area contributed by atoms with Gasteiger partial charge in [0.15, 0.2) is 6.23 Å². The number of nitrogens with two attached hydrogens (primary N) is 1. The highest BCUT2D eigenvalue weighted by molar-refractivity contribution is 5.81. The van der Waals surface area contributed by atoms with Crippen LogP contribution in [0.3, 0.4) is 0 Å². The smallest absolute Gasteiger partial charge is 0.239 e. The molecule has 112 valence electrons. The van der Waals surface area contributed by atoms with Crippen LogP contribution in [0, 0.1) is 5.92 Å². The number of carbonyl (C=O) groups is 1. The summed E-state index contributed by atoms with van der Waals surface area (Å²) in [4.78, 5) is 11.7. The lowest BCUT2D eigenvalue weighted by Gasteiger charge is -2.40. The van der Waals surface area contributed by atoms with Gasteiger partial charge < -0.3 is 36.2 Å². The Morgan fingerprint density at radius 3 is 2.32 bits per heavy atom. The molecular weight excluding hydrogens is 256 g/mol. The second kappa shape index (κ2) is 6.60. The lowest BCUT2D eigenvalue weighted by atomic mass is 9.98. The van der Waals surface area contributed by atoms with Crippen molar-refractivity contribution in [2.45, 2.75) is 50.5 Å². The van der Waals surface area contributed by atoms with E-state index in [0.29, 0.717) is 0 Å². The first-order valence-corrected chi connectivity index (χ1v) is 6.16. The highest BCUT2D eigenvalue weighted by Crippen LogP contribution is 2.19. The molecule has 1 fully saturated rings. The predicted octanol–water partition coefficient (Wildman–Crippen LogP) is -3.11. The monoisotopic (exact) mass is 278 g/mol. The van der Waals surface area contributed by atoms with Crippen molar-refractivity contribution < 1.29 is 30.0 Å². The quantitative estimate of drug-likeness (QED) is 0.319. The van der Waals surface area contributed by atoms with E-state index in [1.807, 2.05) is 0 Å². The van der Waals surface area contributed by atoms with Crippen LogP contribution < -0.4 is 11.1 Å². The van der Waals surface area contributed by atoms with Crippen molar-refractivity contribution in [3.8, 4) is 0 Å². The Hall–Kier alpha value is -0.770. The van der Waals surface area contributed by atoms with E-state index in [2.05, 4.69) is 5.32 Å². The van der Waals surface area contributed by atoms with Gasteiger partial charge in [0.25, 0.3) is 0 Å². The standard InChI is InChI=1S/C11H22N2O6/c1-4(2)6(12)10(18)13-11-9(17)8(16)7(15)5(3-14)19-11/h4-9,11,14-17H,3,12H2,1-2H3,(H,13,18)/t5-,6?,7-,8+,9-,11-/m1/s1. The summed E-state index contributed by atoms with van der Waals surface area (Å²) in [5.41, 5.74) is 5.64. The van der Waals surface area contributed by atoms with Crippen molar-refractivity contribution in [1.82, 2.24) is 5.32 Å². The van der Waals surface area contributed by atoms with Crippen molar-refractivity contribution in [3.05, 3.63) is 0 Å². The molecule has 6 atom stereocenters. The van der Waals surface area contributed by atoms with E-state index in [1.54, 1.807) is 13.8 Å². The van der Waals surface area contributed by atoms with Gasteiger partial charge in [0, 0.05) is 0 Å². The van der Waals surface area contributed by atoms with E-state index in [9.17, 15) is 20.1 Å². The number of carbonyl (C=O) groups excluding carboxylic acids is 1. The van der Waals surface area contributed by atoms with Gasteiger partial charge in [0.2, 0.25) is 5.91 Å². The van der Waals surface area contributed by atoms with Gasteiger partial charge in [-0.25, -0.2) is 0 Å². The van der Waals surface area contributed by atoms with Crippen LogP contribution in [0.2, 0.25) is 0 Å². The number of hydrogen-bond acceptors (Lipinski definition) is 7. The Labute approximate surface area is 111 Å². The van der Waals surface area contributed by atoms with Gasteiger partial charge in [-0.3, -0.25) is 4.79 Å². The van der Waals surface area contributed by atoms with Gasteiger partial charge in [-0.15, -0.1) is 0 Å². The fourth-order valence-corrected chi connectivity index (χ4v) is 1.76. The van der Waals surface area contributed by atoms with Crippen molar-refractivity contribution >= 4 is 5.91 Å². The Kier molecular flexibility index (Phi) is 5.65. The van der Waals surface area contributed by atoms with Crippen molar-refractivity contribution in [3.63, 3.8) is 0 Å². The fraction of sp³-hybridized carbons (Fsp3) is 0.909. The van der Waals surface area contributed by atoms with Crippen LogP contribution in [-0.2, 0) is 9.53 Å². The van der Waals surface area contributed by atoms with E-state index >= 15 is 0 Å². The van der Waals surface area contributed by atoms with E-state index in [1.165, 1.54) is 0 Å². The summed E-state index contributed by atoms with van der Waals surface area (Å²) in [5, 5.41) is 40.2.